The highest BCUT2D eigenvalue weighted by molar-refractivity contribution is 5.97. The summed E-state index contributed by atoms with van der Waals surface area (Å²) >= 11 is 0. The number of hydrogen-bond acceptors (Lipinski definition) is 4. The van der Waals surface area contributed by atoms with Gasteiger partial charge in [0, 0.05) is 11.1 Å². The van der Waals surface area contributed by atoms with Crippen LogP contribution in [0.4, 0.5) is 9.18 Å². The number of nitrogens with two attached hydrogens (primary N) is 1. The maximum Gasteiger partial charge on any atom is 0.407 e. The fraction of sp³-hybridized carbons (Fsp3) is 0.333. The van der Waals surface area contributed by atoms with Crippen LogP contribution in [0, 0.1) is 5.82 Å². The number of ether oxygens (including phenoxy) is 1. The van der Waals surface area contributed by atoms with E-state index in [1.54, 1.807) is 6.92 Å². The van der Waals surface area contributed by atoms with Crippen LogP contribution < -0.4 is 10.5 Å². The number of nitrogens with zero attached hydrogens (tertiary/aromatic N) is 2. The third-order valence-corrected chi connectivity index (χ3v) is 3.14. The van der Waals surface area contributed by atoms with Crippen molar-refractivity contribution in [3.05, 3.63) is 29.1 Å². The number of halogens is 1. The third-order valence-electron chi connectivity index (χ3n) is 3.14. The molecule has 0 unspecified atom stereocenters. The van der Waals surface area contributed by atoms with Crippen molar-refractivity contribution in [3.63, 3.8) is 0 Å². The molecular weight excluding hydrogens is 269 g/mol. The number of fused-ring (bicyclic) bond motifs is 1. The number of oxime groups is 1. The largest absolute Gasteiger partial charge is 0.491 e. The smallest absolute Gasteiger partial charge is 0.407 e. The summed E-state index contributed by atoms with van der Waals surface area (Å²) < 4.78 is 19.5. The Balaban J connectivity index is 2.47. The molecule has 1 atom stereocenters. The van der Waals surface area contributed by atoms with Gasteiger partial charge in [0.05, 0.1) is 12.6 Å². The quantitative estimate of drug-likeness (QED) is 0.310. The van der Waals surface area contributed by atoms with Crippen molar-refractivity contribution in [2.75, 3.05) is 6.61 Å². The molecule has 0 spiro atoms. The average molecular weight is 283 g/mol. The molecule has 1 aromatic rings. The van der Waals surface area contributed by atoms with Gasteiger partial charge in [-0.1, -0.05) is 5.16 Å². The fourth-order valence-corrected chi connectivity index (χ4v) is 1.98. The lowest BCUT2D eigenvalue weighted by molar-refractivity contribution is 0.113. The van der Waals surface area contributed by atoms with E-state index in [9.17, 15) is 9.18 Å². The van der Waals surface area contributed by atoms with Crippen LogP contribution in [0.5, 0.6) is 5.75 Å². The van der Waals surface area contributed by atoms with E-state index in [2.05, 4.69) is 5.16 Å². The van der Waals surface area contributed by atoms with Crippen LogP contribution in [0.3, 0.4) is 0 Å². The first-order valence-electron chi connectivity index (χ1n) is 5.86. The second-order valence-electron chi connectivity index (χ2n) is 4.49. The summed E-state index contributed by atoms with van der Waals surface area (Å²) in [6.07, 6.45) is -1.14. The highest BCUT2D eigenvalue weighted by Crippen LogP contribution is 2.29. The molecule has 4 N–H and O–H groups in total. The summed E-state index contributed by atoms with van der Waals surface area (Å²) in [6.45, 7) is 1.65. The molecule has 0 aromatic heterocycles. The maximum atomic E-state index is 14.1. The second-order valence-corrected chi connectivity index (χ2v) is 4.49. The number of rotatable bonds is 1. The Labute approximate surface area is 114 Å². The molecule has 0 aliphatic carbocycles. The highest BCUT2D eigenvalue weighted by Gasteiger charge is 2.27. The minimum atomic E-state index is -1.14. The monoisotopic (exact) mass is 283 g/mol. The lowest BCUT2D eigenvalue weighted by Crippen LogP contribution is -2.38. The number of carboxylic acid groups (broad SMARTS) is 1. The van der Waals surface area contributed by atoms with E-state index in [0.717, 1.165) is 11.0 Å². The van der Waals surface area contributed by atoms with E-state index in [4.69, 9.17) is 20.8 Å². The zero-order valence-corrected chi connectivity index (χ0v) is 10.7. The normalized spacial score (nSPS) is 19.0. The molecule has 7 nitrogen and oxygen atoms in total. The minimum Gasteiger partial charge on any atom is -0.491 e. The Morgan fingerprint density at radius 3 is 2.90 bits per heavy atom. The zero-order valence-electron chi connectivity index (χ0n) is 10.7. The molecule has 0 bridgehead atoms. The Morgan fingerprint density at radius 1 is 1.60 bits per heavy atom. The molecule has 1 aliphatic rings. The molecule has 108 valence electrons. The molecule has 1 aliphatic heterocycles. The van der Waals surface area contributed by atoms with Gasteiger partial charge in [-0.15, -0.1) is 0 Å². The van der Waals surface area contributed by atoms with Crippen LogP contribution >= 0.6 is 0 Å². The molecule has 1 amide bonds. The average Bonchev–Trinajstić information content (AvgIpc) is 2.58. The SMILES string of the molecule is C[C@H]1COc2cc(C(N)=NO)cc(F)c2CN1C(=O)O. The molecule has 0 saturated carbocycles. The van der Waals surface area contributed by atoms with Gasteiger partial charge in [0.25, 0.3) is 0 Å². The fourth-order valence-electron chi connectivity index (χ4n) is 1.98. The van der Waals surface area contributed by atoms with Crippen LogP contribution in [-0.4, -0.2) is 39.8 Å². The zero-order chi connectivity index (χ0) is 14.9. The third kappa shape index (κ3) is 2.44. The topological polar surface area (TPSA) is 108 Å². The van der Waals surface area contributed by atoms with E-state index in [1.165, 1.54) is 6.07 Å². The number of carbonyl (C=O) groups is 1. The lowest BCUT2D eigenvalue weighted by Gasteiger charge is -2.22. The van der Waals surface area contributed by atoms with Gasteiger partial charge in [-0.3, -0.25) is 4.90 Å². The molecule has 0 radical (unpaired) electrons. The number of amides is 1. The van der Waals surface area contributed by atoms with Crippen molar-refractivity contribution in [2.45, 2.75) is 19.5 Å². The van der Waals surface area contributed by atoms with Crippen molar-refractivity contribution in [3.8, 4) is 5.75 Å². The maximum absolute atomic E-state index is 14.1. The van der Waals surface area contributed by atoms with Crippen LogP contribution in [0.1, 0.15) is 18.1 Å². The minimum absolute atomic E-state index is 0.0956. The van der Waals surface area contributed by atoms with Gasteiger partial charge in [0.15, 0.2) is 5.84 Å². The van der Waals surface area contributed by atoms with Crippen molar-refractivity contribution < 1.29 is 24.2 Å². The van der Waals surface area contributed by atoms with Gasteiger partial charge in [-0.05, 0) is 19.1 Å². The van der Waals surface area contributed by atoms with Gasteiger partial charge in [-0.25, -0.2) is 9.18 Å². The van der Waals surface area contributed by atoms with Crippen molar-refractivity contribution >= 4 is 11.9 Å². The van der Waals surface area contributed by atoms with Crippen molar-refractivity contribution in [1.29, 1.82) is 0 Å². The van der Waals surface area contributed by atoms with Crippen LogP contribution in [0.2, 0.25) is 0 Å². The Morgan fingerprint density at radius 2 is 2.30 bits per heavy atom. The molecule has 0 saturated heterocycles. The predicted octanol–water partition coefficient (Wildman–Crippen LogP) is 1.18. The molecule has 2 rings (SSSR count). The summed E-state index contributed by atoms with van der Waals surface area (Å²) in [5, 5.41) is 20.5. The van der Waals surface area contributed by atoms with Gasteiger partial charge in [-0.2, -0.15) is 0 Å². The Hall–Kier alpha value is -2.51. The van der Waals surface area contributed by atoms with Gasteiger partial charge in [0.1, 0.15) is 18.2 Å². The van der Waals surface area contributed by atoms with E-state index < -0.39 is 18.0 Å². The summed E-state index contributed by atoms with van der Waals surface area (Å²) in [4.78, 5) is 12.2. The lowest BCUT2D eigenvalue weighted by atomic mass is 10.1. The van der Waals surface area contributed by atoms with Crippen molar-refractivity contribution in [2.24, 2.45) is 10.9 Å². The van der Waals surface area contributed by atoms with E-state index in [-0.39, 0.29) is 35.9 Å². The summed E-state index contributed by atoms with van der Waals surface area (Å²) in [5.74, 6) is -0.714. The molecule has 8 heteroatoms. The number of benzene rings is 1. The van der Waals surface area contributed by atoms with Gasteiger partial charge < -0.3 is 20.8 Å². The molecule has 20 heavy (non-hydrogen) atoms. The summed E-state index contributed by atoms with van der Waals surface area (Å²) in [5.41, 5.74) is 5.71. The summed E-state index contributed by atoms with van der Waals surface area (Å²) in [6, 6.07) is 2.09. The van der Waals surface area contributed by atoms with Gasteiger partial charge >= 0.3 is 6.09 Å². The number of hydrogen-bond donors (Lipinski definition) is 3. The van der Waals surface area contributed by atoms with E-state index in [1.807, 2.05) is 0 Å². The van der Waals surface area contributed by atoms with E-state index in [0.29, 0.717) is 0 Å². The first-order chi connectivity index (χ1) is 9.43. The van der Waals surface area contributed by atoms with E-state index >= 15 is 0 Å². The molecular formula is C12H14FN3O4. The first kappa shape index (κ1) is 13.9. The van der Waals surface area contributed by atoms with Gasteiger partial charge in [0.2, 0.25) is 0 Å². The van der Waals surface area contributed by atoms with Crippen LogP contribution in [0.15, 0.2) is 17.3 Å². The molecule has 0 fully saturated rings. The predicted molar refractivity (Wildman–Crippen MR) is 67.4 cm³/mol. The van der Waals surface area contributed by atoms with Crippen molar-refractivity contribution in [1.82, 2.24) is 4.90 Å². The number of amidine groups is 1. The van der Waals surface area contributed by atoms with Crippen LogP contribution in [0.25, 0.3) is 0 Å². The standard InChI is InChI=1S/C12H14FN3O4/c1-6-5-20-10-3-7(11(14)15-19)2-9(13)8(10)4-16(6)12(17)18/h2-3,6,19H,4-5H2,1H3,(H2,14,15)(H,17,18)/t6-/m0/s1. The Bertz CT molecular complexity index is 576. The summed E-state index contributed by atoms with van der Waals surface area (Å²) in [7, 11) is 0. The molecule has 1 heterocycles. The first-order valence-corrected chi connectivity index (χ1v) is 5.86. The second kappa shape index (κ2) is 5.24. The molecule has 1 aromatic carbocycles. The Kier molecular flexibility index (Phi) is 3.64. The van der Waals surface area contributed by atoms with Crippen LogP contribution in [-0.2, 0) is 6.54 Å². The highest BCUT2D eigenvalue weighted by atomic mass is 19.1.